The van der Waals surface area contributed by atoms with E-state index in [1.54, 1.807) is 6.07 Å². The number of rotatable bonds is 4. The summed E-state index contributed by atoms with van der Waals surface area (Å²) in [5, 5.41) is 3.34. The molecule has 0 radical (unpaired) electrons. The third-order valence-electron chi connectivity index (χ3n) is 3.27. The van der Waals surface area contributed by atoms with Crippen LogP contribution in [-0.4, -0.2) is 16.4 Å². The maximum absolute atomic E-state index is 12.1. The smallest absolute Gasteiger partial charge is 0.253 e. The van der Waals surface area contributed by atoms with E-state index in [2.05, 4.69) is 15.7 Å². The van der Waals surface area contributed by atoms with E-state index < -0.39 is 0 Å². The van der Waals surface area contributed by atoms with Crippen LogP contribution in [0.1, 0.15) is 37.0 Å². The number of pyridine rings is 1. The minimum atomic E-state index is -0.186. The molecule has 6 heteroatoms. The molecule has 0 aliphatic heterocycles. The molecule has 5 nitrogen and oxygen atoms in total. The molecular formula is C12H17ClN4O. The quantitative estimate of drug-likeness (QED) is 0.576. The van der Waals surface area contributed by atoms with Crippen LogP contribution >= 0.6 is 11.6 Å². The monoisotopic (exact) mass is 268 g/mol. The Labute approximate surface area is 111 Å². The summed E-state index contributed by atoms with van der Waals surface area (Å²) in [6, 6.07) is 1.56. The highest BCUT2D eigenvalue weighted by Gasteiger charge is 2.38. The summed E-state index contributed by atoms with van der Waals surface area (Å²) in [7, 11) is 0. The summed E-state index contributed by atoms with van der Waals surface area (Å²) in [5.41, 5.74) is 2.61. The van der Waals surface area contributed by atoms with E-state index >= 15 is 0 Å². The minimum absolute atomic E-state index is 0.162. The fourth-order valence-electron chi connectivity index (χ4n) is 1.94. The maximum atomic E-state index is 12.1. The van der Waals surface area contributed by atoms with Crippen LogP contribution in [0.5, 0.6) is 0 Å². The first kappa shape index (κ1) is 13.1. The zero-order valence-corrected chi connectivity index (χ0v) is 11.2. The number of nitrogens with one attached hydrogen (secondary N) is 2. The Hall–Kier alpha value is -1.33. The van der Waals surface area contributed by atoms with Gasteiger partial charge in [-0.3, -0.25) is 4.79 Å². The molecule has 0 bridgehead atoms. The Balaban J connectivity index is 2.11. The standard InChI is InChI=1S/C12H17ClN4O/c1-12(2,8-3-4-8)16-11(18)7-5-9(13)10(17-14)15-6-7/h5-6,8H,3-4,14H2,1-2H3,(H,15,17)(H,16,18). The molecule has 1 saturated carbocycles. The van der Waals surface area contributed by atoms with Gasteiger partial charge in [-0.2, -0.15) is 0 Å². The molecule has 98 valence electrons. The first-order valence-electron chi connectivity index (χ1n) is 5.88. The first-order chi connectivity index (χ1) is 8.44. The summed E-state index contributed by atoms with van der Waals surface area (Å²) in [6.07, 6.45) is 3.80. The average molecular weight is 269 g/mol. The third-order valence-corrected chi connectivity index (χ3v) is 3.56. The Morgan fingerprint density at radius 2 is 2.22 bits per heavy atom. The zero-order valence-electron chi connectivity index (χ0n) is 10.5. The van der Waals surface area contributed by atoms with Crippen molar-refractivity contribution in [1.29, 1.82) is 0 Å². The van der Waals surface area contributed by atoms with Crippen molar-refractivity contribution >= 4 is 23.3 Å². The van der Waals surface area contributed by atoms with Crippen LogP contribution in [0.25, 0.3) is 0 Å². The second-order valence-corrected chi connectivity index (χ2v) is 5.56. The number of halogens is 1. The molecule has 1 aliphatic rings. The number of anilines is 1. The van der Waals surface area contributed by atoms with Crippen molar-refractivity contribution in [3.05, 3.63) is 22.8 Å². The zero-order chi connectivity index (χ0) is 13.3. The van der Waals surface area contributed by atoms with Crippen LogP contribution in [0.15, 0.2) is 12.3 Å². The van der Waals surface area contributed by atoms with Crippen molar-refractivity contribution in [1.82, 2.24) is 10.3 Å². The van der Waals surface area contributed by atoms with Gasteiger partial charge in [-0.1, -0.05) is 11.6 Å². The van der Waals surface area contributed by atoms with Crippen molar-refractivity contribution in [3.8, 4) is 0 Å². The molecule has 0 saturated heterocycles. The van der Waals surface area contributed by atoms with Crippen LogP contribution in [0, 0.1) is 5.92 Å². The second kappa shape index (κ2) is 4.74. The van der Waals surface area contributed by atoms with Crippen LogP contribution in [0.2, 0.25) is 5.02 Å². The highest BCUT2D eigenvalue weighted by molar-refractivity contribution is 6.33. The summed E-state index contributed by atoms with van der Waals surface area (Å²) in [4.78, 5) is 16.1. The Kier molecular flexibility index (Phi) is 3.45. The fraction of sp³-hybridized carbons (Fsp3) is 0.500. The predicted molar refractivity (Wildman–Crippen MR) is 71.3 cm³/mol. The topological polar surface area (TPSA) is 80.0 Å². The number of nitrogens with zero attached hydrogens (tertiary/aromatic N) is 1. The summed E-state index contributed by atoms with van der Waals surface area (Å²) in [6.45, 7) is 4.07. The van der Waals surface area contributed by atoms with Crippen LogP contribution < -0.4 is 16.6 Å². The van der Waals surface area contributed by atoms with Gasteiger partial charge in [-0.25, -0.2) is 10.8 Å². The molecular weight excluding hydrogens is 252 g/mol. The van der Waals surface area contributed by atoms with Crippen molar-refractivity contribution in [2.45, 2.75) is 32.2 Å². The van der Waals surface area contributed by atoms with Crippen molar-refractivity contribution in [2.24, 2.45) is 11.8 Å². The molecule has 0 unspecified atom stereocenters. The van der Waals surface area contributed by atoms with Gasteiger partial charge in [0, 0.05) is 11.7 Å². The van der Waals surface area contributed by atoms with E-state index in [1.165, 1.54) is 19.0 Å². The van der Waals surface area contributed by atoms with E-state index in [4.69, 9.17) is 17.4 Å². The molecule has 1 amide bonds. The summed E-state index contributed by atoms with van der Waals surface area (Å²) in [5.74, 6) is 5.99. The number of nitrogens with two attached hydrogens (primary N) is 1. The van der Waals surface area contributed by atoms with E-state index in [0.717, 1.165) is 0 Å². The second-order valence-electron chi connectivity index (χ2n) is 5.15. The third kappa shape index (κ3) is 2.73. The van der Waals surface area contributed by atoms with Gasteiger partial charge < -0.3 is 10.7 Å². The van der Waals surface area contributed by atoms with E-state index in [-0.39, 0.29) is 11.4 Å². The maximum Gasteiger partial charge on any atom is 0.253 e. The predicted octanol–water partition coefficient (Wildman–Crippen LogP) is 1.94. The van der Waals surface area contributed by atoms with Gasteiger partial charge in [0.1, 0.15) is 0 Å². The number of hydrogen-bond acceptors (Lipinski definition) is 4. The summed E-state index contributed by atoms with van der Waals surface area (Å²) >= 11 is 5.93. The number of hydrazine groups is 1. The Bertz CT molecular complexity index is 471. The number of nitrogen functional groups attached to an aromatic ring is 1. The van der Waals surface area contributed by atoms with E-state index in [9.17, 15) is 4.79 Å². The van der Waals surface area contributed by atoms with Gasteiger partial charge in [0.15, 0.2) is 5.82 Å². The number of hydrogen-bond donors (Lipinski definition) is 3. The van der Waals surface area contributed by atoms with E-state index in [0.29, 0.717) is 22.3 Å². The van der Waals surface area contributed by atoms with Crippen LogP contribution in [0.4, 0.5) is 5.82 Å². The van der Waals surface area contributed by atoms with Gasteiger partial charge in [0.25, 0.3) is 5.91 Å². The van der Waals surface area contributed by atoms with Crippen LogP contribution in [-0.2, 0) is 0 Å². The largest absolute Gasteiger partial charge is 0.347 e. The summed E-state index contributed by atoms with van der Waals surface area (Å²) < 4.78 is 0. The molecule has 1 heterocycles. The number of aromatic nitrogens is 1. The van der Waals surface area contributed by atoms with Gasteiger partial charge in [-0.15, -0.1) is 0 Å². The molecule has 18 heavy (non-hydrogen) atoms. The Morgan fingerprint density at radius 1 is 1.56 bits per heavy atom. The first-order valence-corrected chi connectivity index (χ1v) is 6.26. The minimum Gasteiger partial charge on any atom is -0.347 e. The normalized spacial score (nSPS) is 15.3. The van der Waals surface area contributed by atoms with Gasteiger partial charge >= 0.3 is 0 Å². The van der Waals surface area contributed by atoms with Gasteiger partial charge in [0.2, 0.25) is 0 Å². The molecule has 4 N–H and O–H groups in total. The van der Waals surface area contributed by atoms with Crippen molar-refractivity contribution in [2.75, 3.05) is 5.43 Å². The number of amides is 1. The lowest BCUT2D eigenvalue weighted by molar-refractivity contribution is 0.0903. The van der Waals surface area contributed by atoms with Crippen LogP contribution in [0.3, 0.4) is 0 Å². The molecule has 0 spiro atoms. The lowest BCUT2D eigenvalue weighted by Crippen LogP contribution is -2.45. The molecule has 2 rings (SSSR count). The molecule has 1 fully saturated rings. The fourth-order valence-corrected chi connectivity index (χ4v) is 2.16. The number of carbonyl (C=O) groups is 1. The Morgan fingerprint density at radius 3 is 2.72 bits per heavy atom. The molecule has 1 aromatic rings. The van der Waals surface area contributed by atoms with Gasteiger partial charge in [-0.05, 0) is 38.7 Å². The average Bonchev–Trinajstić information content (AvgIpc) is 3.12. The van der Waals surface area contributed by atoms with Crippen molar-refractivity contribution in [3.63, 3.8) is 0 Å². The molecule has 0 atom stereocenters. The molecule has 1 aliphatic carbocycles. The molecule has 1 aromatic heterocycles. The van der Waals surface area contributed by atoms with Gasteiger partial charge in [0.05, 0.1) is 10.6 Å². The van der Waals surface area contributed by atoms with E-state index in [1.807, 2.05) is 13.8 Å². The van der Waals surface area contributed by atoms with Crippen molar-refractivity contribution < 1.29 is 4.79 Å². The molecule has 0 aromatic carbocycles. The lowest BCUT2D eigenvalue weighted by atomic mass is 9.98. The number of carbonyl (C=O) groups excluding carboxylic acids is 1. The lowest BCUT2D eigenvalue weighted by Gasteiger charge is -2.26. The highest BCUT2D eigenvalue weighted by Crippen LogP contribution is 2.39. The highest BCUT2D eigenvalue weighted by atomic mass is 35.5. The SMILES string of the molecule is CC(C)(NC(=O)c1cnc(NN)c(Cl)c1)C1CC1.